The molecule has 4 heteroatoms. The second-order valence-electron chi connectivity index (χ2n) is 4.40. The molecule has 0 aliphatic rings. The number of hydrogen-bond donors (Lipinski definition) is 1. The smallest absolute Gasteiger partial charge is 0.122 e. The van der Waals surface area contributed by atoms with Gasteiger partial charge in [0.25, 0.3) is 0 Å². The molecule has 0 saturated carbocycles. The molecule has 0 fully saturated rings. The van der Waals surface area contributed by atoms with E-state index in [1.807, 2.05) is 49.4 Å². The van der Waals surface area contributed by atoms with E-state index in [4.69, 9.17) is 19.9 Å². The highest BCUT2D eigenvalue weighted by Gasteiger charge is 2.00. The summed E-state index contributed by atoms with van der Waals surface area (Å²) in [5.41, 5.74) is 7.45. The van der Waals surface area contributed by atoms with Crippen molar-refractivity contribution in [3.63, 3.8) is 0 Å². The molecule has 0 radical (unpaired) electrons. The lowest BCUT2D eigenvalue weighted by molar-refractivity contribution is 0.216. The van der Waals surface area contributed by atoms with E-state index in [1.54, 1.807) is 7.11 Å². The van der Waals surface area contributed by atoms with Gasteiger partial charge in [0.05, 0.1) is 7.11 Å². The summed E-state index contributed by atoms with van der Waals surface area (Å²) >= 11 is 0. The Labute approximate surface area is 119 Å². The van der Waals surface area contributed by atoms with E-state index in [1.165, 1.54) is 0 Å². The molecule has 4 nitrogen and oxygen atoms in total. The van der Waals surface area contributed by atoms with E-state index in [-0.39, 0.29) is 0 Å². The Hall–Kier alpha value is -2.36. The molecule has 2 N–H and O–H groups in total. The summed E-state index contributed by atoms with van der Waals surface area (Å²) in [4.78, 5) is 0. The Morgan fingerprint density at radius 1 is 0.900 bits per heavy atom. The maximum absolute atomic E-state index is 5.69. The molecular formula is C16H19NO3. The van der Waals surface area contributed by atoms with E-state index in [9.17, 15) is 0 Å². The number of ether oxygens (including phenoxy) is 3. The maximum atomic E-state index is 5.69. The first kappa shape index (κ1) is 14.1. The lowest BCUT2D eigenvalue weighted by atomic mass is 10.2. The zero-order valence-electron chi connectivity index (χ0n) is 11.8. The quantitative estimate of drug-likeness (QED) is 0.649. The van der Waals surface area contributed by atoms with Gasteiger partial charge in [0.15, 0.2) is 0 Å². The molecule has 0 aliphatic heterocycles. The van der Waals surface area contributed by atoms with Gasteiger partial charge in [-0.05, 0) is 55.0 Å². The number of aryl methyl sites for hydroxylation is 1. The van der Waals surface area contributed by atoms with Gasteiger partial charge in [-0.2, -0.15) is 0 Å². The van der Waals surface area contributed by atoms with Crippen molar-refractivity contribution < 1.29 is 14.2 Å². The Kier molecular flexibility index (Phi) is 4.71. The normalized spacial score (nSPS) is 10.1. The largest absolute Gasteiger partial charge is 0.497 e. The van der Waals surface area contributed by atoms with Crippen LogP contribution in [0.2, 0.25) is 0 Å². The van der Waals surface area contributed by atoms with Crippen LogP contribution >= 0.6 is 0 Å². The minimum atomic E-state index is 0.482. The van der Waals surface area contributed by atoms with Crippen LogP contribution in [0, 0.1) is 6.92 Å². The number of methoxy groups -OCH3 is 1. The fourth-order valence-corrected chi connectivity index (χ4v) is 1.82. The third-order valence-electron chi connectivity index (χ3n) is 2.87. The van der Waals surface area contributed by atoms with Crippen molar-refractivity contribution in [2.45, 2.75) is 6.92 Å². The van der Waals surface area contributed by atoms with Gasteiger partial charge in [-0.25, -0.2) is 0 Å². The summed E-state index contributed by atoms with van der Waals surface area (Å²) in [6, 6.07) is 13.0. The molecule has 0 unspecified atom stereocenters. The first-order valence-corrected chi connectivity index (χ1v) is 6.45. The number of nitrogens with two attached hydrogens (primary N) is 1. The first-order chi connectivity index (χ1) is 9.69. The highest BCUT2D eigenvalue weighted by molar-refractivity contribution is 5.47. The van der Waals surface area contributed by atoms with E-state index >= 15 is 0 Å². The molecule has 0 bridgehead atoms. The van der Waals surface area contributed by atoms with Crippen LogP contribution in [0.5, 0.6) is 17.2 Å². The molecule has 106 valence electrons. The molecule has 0 amide bonds. The number of nitrogen functional groups attached to an aromatic ring is 1. The van der Waals surface area contributed by atoms with Gasteiger partial charge in [-0.1, -0.05) is 0 Å². The predicted molar refractivity (Wildman–Crippen MR) is 79.6 cm³/mol. The van der Waals surface area contributed by atoms with Crippen molar-refractivity contribution in [3.8, 4) is 17.2 Å². The summed E-state index contributed by atoms with van der Waals surface area (Å²) in [5, 5.41) is 0. The van der Waals surface area contributed by atoms with E-state index in [0.29, 0.717) is 13.2 Å². The average Bonchev–Trinajstić information content (AvgIpc) is 2.46. The Balaban J connectivity index is 1.78. The summed E-state index contributed by atoms with van der Waals surface area (Å²) in [5.74, 6) is 2.44. The van der Waals surface area contributed by atoms with E-state index in [2.05, 4.69) is 0 Å². The number of hydrogen-bond acceptors (Lipinski definition) is 4. The van der Waals surface area contributed by atoms with Gasteiger partial charge in [0, 0.05) is 5.69 Å². The van der Waals surface area contributed by atoms with Crippen molar-refractivity contribution in [2.24, 2.45) is 0 Å². The van der Waals surface area contributed by atoms with Crippen molar-refractivity contribution >= 4 is 5.69 Å². The summed E-state index contributed by atoms with van der Waals surface area (Å²) in [7, 11) is 1.64. The van der Waals surface area contributed by atoms with E-state index in [0.717, 1.165) is 28.5 Å². The molecular weight excluding hydrogens is 254 g/mol. The van der Waals surface area contributed by atoms with E-state index < -0.39 is 0 Å². The standard InChI is InChI=1S/C16H19NO3/c1-12-11-13(17)3-8-16(12)20-10-9-19-15-6-4-14(18-2)5-7-15/h3-8,11H,9-10,17H2,1-2H3. The third kappa shape index (κ3) is 3.82. The van der Waals surface area contributed by atoms with Crippen LogP contribution < -0.4 is 19.9 Å². The van der Waals surface area contributed by atoms with Crippen LogP contribution in [0.15, 0.2) is 42.5 Å². The SMILES string of the molecule is COc1ccc(OCCOc2ccc(N)cc2C)cc1. The zero-order valence-corrected chi connectivity index (χ0v) is 11.8. The number of rotatable bonds is 6. The fourth-order valence-electron chi connectivity index (χ4n) is 1.82. The molecule has 2 aromatic carbocycles. The van der Waals surface area contributed by atoms with Gasteiger partial charge >= 0.3 is 0 Å². The minimum Gasteiger partial charge on any atom is -0.497 e. The predicted octanol–water partition coefficient (Wildman–Crippen LogP) is 3.04. The second-order valence-corrected chi connectivity index (χ2v) is 4.40. The topological polar surface area (TPSA) is 53.7 Å². The average molecular weight is 273 g/mol. The Morgan fingerprint density at radius 3 is 2.20 bits per heavy atom. The Bertz CT molecular complexity index is 552. The molecule has 0 atom stereocenters. The van der Waals surface area contributed by atoms with Gasteiger partial charge in [-0.15, -0.1) is 0 Å². The van der Waals surface area contributed by atoms with Gasteiger partial charge < -0.3 is 19.9 Å². The first-order valence-electron chi connectivity index (χ1n) is 6.45. The third-order valence-corrected chi connectivity index (χ3v) is 2.87. The van der Waals surface area contributed by atoms with Crippen LogP contribution in [0.1, 0.15) is 5.56 Å². The maximum Gasteiger partial charge on any atom is 0.122 e. The molecule has 0 aliphatic carbocycles. The summed E-state index contributed by atoms with van der Waals surface area (Å²) in [6.07, 6.45) is 0. The molecule has 0 aromatic heterocycles. The van der Waals surface area contributed by atoms with Crippen LogP contribution in [0.4, 0.5) is 5.69 Å². The molecule has 0 saturated heterocycles. The lowest BCUT2D eigenvalue weighted by Crippen LogP contribution is -2.09. The van der Waals surface area contributed by atoms with Crippen molar-refractivity contribution in [1.29, 1.82) is 0 Å². The fraction of sp³-hybridized carbons (Fsp3) is 0.250. The van der Waals surface area contributed by atoms with Crippen molar-refractivity contribution in [2.75, 3.05) is 26.1 Å². The number of anilines is 1. The molecule has 20 heavy (non-hydrogen) atoms. The molecule has 0 spiro atoms. The summed E-state index contributed by atoms with van der Waals surface area (Å²) < 4.78 is 16.3. The van der Waals surface area contributed by atoms with Crippen LogP contribution in [-0.4, -0.2) is 20.3 Å². The van der Waals surface area contributed by atoms with Crippen molar-refractivity contribution in [1.82, 2.24) is 0 Å². The van der Waals surface area contributed by atoms with Gasteiger partial charge in [0.2, 0.25) is 0 Å². The zero-order chi connectivity index (χ0) is 14.4. The molecule has 2 aromatic rings. The van der Waals surface area contributed by atoms with Gasteiger partial charge in [-0.3, -0.25) is 0 Å². The highest BCUT2D eigenvalue weighted by Crippen LogP contribution is 2.20. The monoisotopic (exact) mass is 273 g/mol. The minimum absolute atomic E-state index is 0.482. The van der Waals surface area contributed by atoms with Crippen LogP contribution in [-0.2, 0) is 0 Å². The number of benzene rings is 2. The second kappa shape index (κ2) is 6.70. The Morgan fingerprint density at radius 2 is 1.55 bits per heavy atom. The molecule has 0 heterocycles. The van der Waals surface area contributed by atoms with Crippen LogP contribution in [0.25, 0.3) is 0 Å². The van der Waals surface area contributed by atoms with Crippen LogP contribution in [0.3, 0.4) is 0 Å². The summed E-state index contributed by atoms with van der Waals surface area (Å²) in [6.45, 7) is 2.93. The molecule has 2 rings (SSSR count). The lowest BCUT2D eigenvalue weighted by Gasteiger charge is -2.11. The van der Waals surface area contributed by atoms with Gasteiger partial charge in [0.1, 0.15) is 30.5 Å². The van der Waals surface area contributed by atoms with Crippen molar-refractivity contribution in [3.05, 3.63) is 48.0 Å². The highest BCUT2D eigenvalue weighted by atomic mass is 16.5.